The van der Waals surface area contributed by atoms with Gasteiger partial charge >= 0.3 is 0 Å². The van der Waals surface area contributed by atoms with Crippen LogP contribution in [0.4, 0.5) is 11.4 Å². The molecular weight excluding hydrogens is 438 g/mol. The monoisotopic (exact) mass is 467 g/mol. The Hall–Kier alpha value is -3.76. The van der Waals surface area contributed by atoms with Gasteiger partial charge in [-0.2, -0.15) is 5.26 Å². The number of ether oxygens (including phenoxy) is 1. The molecular formula is C28H29N5O2. The Morgan fingerprint density at radius 1 is 1.09 bits per heavy atom. The van der Waals surface area contributed by atoms with E-state index >= 15 is 0 Å². The van der Waals surface area contributed by atoms with Crippen LogP contribution in [0.25, 0.3) is 11.3 Å². The Morgan fingerprint density at radius 2 is 1.86 bits per heavy atom. The van der Waals surface area contributed by atoms with Gasteiger partial charge < -0.3 is 15.0 Å². The van der Waals surface area contributed by atoms with E-state index in [2.05, 4.69) is 45.5 Å². The largest absolute Gasteiger partial charge is 0.378 e. The minimum absolute atomic E-state index is 0.00992. The van der Waals surface area contributed by atoms with E-state index in [1.807, 2.05) is 12.1 Å². The van der Waals surface area contributed by atoms with Gasteiger partial charge in [-0.15, -0.1) is 0 Å². The van der Waals surface area contributed by atoms with Gasteiger partial charge in [0.15, 0.2) is 0 Å². The lowest BCUT2D eigenvalue weighted by atomic mass is 10.0. The lowest BCUT2D eigenvalue weighted by Gasteiger charge is -2.28. The van der Waals surface area contributed by atoms with Crippen LogP contribution in [0.1, 0.15) is 42.6 Å². The fraction of sp³-hybridized carbons (Fsp3) is 0.357. The second kappa shape index (κ2) is 10.7. The molecule has 1 N–H and O–H groups in total. The molecule has 2 aliphatic rings. The third-order valence-corrected chi connectivity index (χ3v) is 6.80. The van der Waals surface area contributed by atoms with Crippen LogP contribution < -0.4 is 10.2 Å². The first-order chi connectivity index (χ1) is 17.2. The molecule has 0 unspecified atom stereocenters. The van der Waals surface area contributed by atoms with E-state index in [1.165, 1.54) is 5.69 Å². The second-order valence-corrected chi connectivity index (χ2v) is 9.14. The molecule has 3 aromatic rings. The number of hydrogen-bond donors (Lipinski definition) is 1. The third kappa shape index (κ3) is 5.50. The molecule has 0 bridgehead atoms. The molecule has 1 aliphatic carbocycles. The lowest BCUT2D eigenvalue weighted by molar-refractivity contribution is -0.119. The topological polar surface area (TPSA) is 91.1 Å². The molecule has 1 aliphatic heterocycles. The van der Waals surface area contributed by atoms with Gasteiger partial charge in [0.2, 0.25) is 5.91 Å². The molecule has 0 atom stereocenters. The number of rotatable bonds is 6. The highest BCUT2D eigenvalue weighted by Crippen LogP contribution is 2.28. The highest BCUT2D eigenvalue weighted by Gasteiger charge is 2.23. The number of anilines is 2. The maximum absolute atomic E-state index is 12.5. The van der Waals surface area contributed by atoms with Gasteiger partial charge in [0.1, 0.15) is 11.9 Å². The number of carbonyl (C=O) groups is 1. The second-order valence-electron chi connectivity index (χ2n) is 9.14. The maximum atomic E-state index is 12.5. The molecule has 35 heavy (non-hydrogen) atoms. The van der Waals surface area contributed by atoms with Crippen molar-refractivity contribution < 1.29 is 9.53 Å². The van der Waals surface area contributed by atoms with Crippen molar-refractivity contribution >= 4 is 17.3 Å². The predicted octanol–water partition coefficient (Wildman–Crippen LogP) is 4.57. The molecule has 2 heterocycles. The molecule has 2 fully saturated rings. The van der Waals surface area contributed by atoms with Crippen LogP contribution >= 0.6 is 0 Å². The third-order valence-electron chi connectivity index (χ3n) is 6.80. The molecule has 7 heteroatoms. The van der Waals surface area contributed by atoms with E-state index in [1.54, 1.807) is 18.3 Å². The highest BCUT2D eigenvalue weighted by atomic mass is 16.5. The summed E-state index contributed by atoms with van der Waals surface area (Å²) in [5.41, 5.74) is 4.92. The number of nitriles is 1. The van der Waals surface area contributed by atoms with Crippen molar-refractivity contribution in [2.24, 2.45) is 5.92 Å². The van der Waals surface area contributed by atoms with Crippen LogP contribution in [-0.2, 0) is 16.0 Å². The molecule has 2 aromatic carbocycles. The van der Waals surface area contributed by atoms with Crippen LogP contribution in [-0.4, -0.2) is 42.2 Å². The summed E-state index contributed by atoms with van der Waals surface area (Å²) in [4.78, 5) is 24.0. The van der Waals surface area contributed by atoms with E-state index in [0.29, 0.717) is 17.7 Å². The Bertz CT molecular complexity index is 1220. The summed E-state index contributed by atoms with van der Waals surface area (Å²) in [6.45, 7) is 3.37. The van der Waals surface area contributed by atoms with E-state index < -0.39 is 0 Å². The van der Waals surface area contributed by atoms with Gasteiger partial charge in [-0.1, -0.05) is 31.0 Å². The van der Waals surface area contributed by atoms with Crippen LogP contribution in [0.2, 0.25) is 0 Å². The number of carbonyl (C=O) groups excluding carboxylic acids is 1. The van der Waals surface area contributed by atoms with Crippen LogP contribution in [0.3, 0.4) is 0 Å². The summed E-state index contributed by atoms with van der Waals surface area (Å²) in [5.74, 6) is 0.781. The average molecular weight is 468 g/mol. The zero-order valence-electron chi connectivity index (χ0n) is 19.7. The number of nitrogens with zero attached hydrogens (tertiary/aromatic N) is 4. The van der Waals surface area contributed by atoms with Gasteiger partial charge in [-0.3, -0.25) is 4.79 Å². The summed E-state index contributed by atoms with van der Waals surface area (Å²) in [6.07, 6.45) is 6.41. The quantitative estimate of drug-likeness (QED) is 0.571. The van der Waals surface area contributed by atoms with Crippen molar-refractivity contribution in [1.82, 2.24) is 9.97 Å². The average Bonchev–Trinajstić information content (AvgIpc) is 3.45. The molecule has 1 saturated heterocycles. The Balaban J connectivity index is 1.29. The molecule has 5 rings (SSSR count). The minimum Gasteiger partial charge on any atom is -0.378 e. The zero-order chi connectivity index (χ0) is 24.0. The van der Waals surface area contributed by atoms with Crippen molar-refractivity contribution in [3.05, 3.63) is 71.7 Å². The molecule has 1 saturated carbocycles. The van der Waals surface area contributed by atoms with Gasteiger partial charge in [-0.05, 0) is 48.7 Å². The normalized spacial score (nSPS) is 16.1. The number of aromatic nitrogens is 2. The number of hydrogen-bond acceptors (Lipinski definition) is 6. The summed E-state index contributed by atoms with van der Waals surface area (Å²) in [5, 5.41) is 12.6. The number of benzene rings is 2. The number of morpholine rings is 1. The van der Waals surface area contributed by atoms with Crippen molar-refractivity contribution in [2.45, 2.75) is 32.1 Å². The molecule has 1 amide bonds. The van der Waals surface area contributed by atoms with Crippen molar-refractivity contribution in [3.8, 4) is 17.3 Å². The van der Waals surface area contributed by atoms with Gasteiger partial charge in [0.25, 0.3) is 0 Å². The highest BCUT2D eigenvalue weighted by molar-refractivity contribution is 5.94. The summed E-state index contributed by atoms with van der Waals surface area (Å²) < 4.78 is 5.44. The molecule has 7 nitrogen and oxygen atoms in total. The fourth-order valence-corrected chi connectivity index (χ4v) is 4.80. The first-order valence-corrected chi connectivity index (χ1v) is 12.3. The van der Waals surface area contributed by atoms with Gasteiger partial charge in [0, 0.05) is 42.9 Å². The SMILES string of the molecule is N#Cc1cc(-c2ccnc(Cc3ccc(N4CCOCC4)cc3)n2)ccc1NC(=O)C1CCCC1. The van der Waals surface area contributed by atoms with E-state index in [0.717, 1.165) is 74.6 Å². The Kier molecular flexibility index (Phi) is 7.01. The van der Waals surface area contributed by atoms with Gasteiger partial charge in [0.05, 0.1) is 30.2 Å². The molecule has 0 radical (unpaired) electrons. The predicted molar refractivity (Wildman–Crippen MR) is 135 cm³/mol. The first kappa shape index (κ1) is 23.0. The Morgan fingerprint density at radius 3 is 2.60 bits per heavy atom. The van der Waals surface area contributed by atoms with Crippen LogP contribution in [0.15, 0.2) is 54.7 Å². The van der Waals surface area contributed by atoms with Crippen LogP contribution in [0.5, 0.6) is 0 Å². The summed E-state index contributed by atoms with van der Waals surface area (Å²) >= 11 is 0. The fourth-order valence-electron chi connectivity index (χ4n) is 4.80. The first-order valence-electron chi connectivity index (χ1n) is 12.3. The summed E-state index contributed by atoms with van der Waals surface area (Å²) in [6, 6.07) is 18.1. The zero-order valence-corrected chi connectivity index (χ0v) is 19.7. The Labute approximate surface area is 205 Å². The summed E-state index contributed by atoms with van der Waals surface area (Å²) in [7, 11) is 0. The van der Waals surface area contributed by atoms with Crippen molar-refractivity contribution in [2.75, 3.05) is 36.5 Å². The van der Waals surface area contributed by atoms with Crippen molar-refractivity contribution in [1.29, 1.82) is 5.26 Å². The maximum Gasteiger partial charge on any atom is 0.227 e. The standard InChI is InChI=1S/C28H29N5O2/c29-19-23-18-22(7-10-25(23)32-28(34)21-3-1-2-4-21)26-11-12-30-27(31-26)17-20-5-8-24(9-6-20)33-13-15-35-16-14-33/h5-12,18,21H,1-4,13-17H2,(H,32,34). The van der Waals surface area contributed by atoms with E-state index in [4.69, 9.17) is 9.72 Å². The number of nitrogens with one attached hydrogen (secondary N) is 1. The molecule has 178 valence electrons. The molecule has 0 spiro atoms. The molecule has 1 aromatic heterocycles. The van der Waals surface area contributed by atoms with Crippen LogP contribution in [0, 0.1) is 17.2 Å². The van der Waals surface area contributed by atoms with Gasteiger partial charge in [-0.25, -0.2) is 9.97 Å². The minimum atomic E-state index is 0.00992. The van der Waals surface area contributed by atoms with Crippen molar-refractivity contribution in [3.63, 3.8) is 0 Å². The number of amides is 1. The smallest absolute Gasteiger partial charge is 0.227 e. The van der Waals surface area contributed by atoms with E-state index in [9.17, 15) is 10.1 Å². The lowest BCUT2D eigenvalue weighted by Crippen LogP contribution is -2.36. The van der Waals surface area contributed by atoms with E-state index in [-0.39, 0.29) is 11.8 Å².